The summed E-state index contributed by atoms with van der Waals surface area (Å²) in [6.45, 7) is 0. The molecule has 36 heavy (non-hydrogen) atoms. The van der Waals surface area contributed by atoms with Crippen molar-refractivity contribution in [2.24, 2.45) is 0 Å². The van der Waals surface area contributed by atoms with Gasteiger partial charge in [-0.3, -0.25) is 0 Å². The molecule has 0 fully saturated rings. The smallest absolute Gasteiger partial charge is 0.136 e. The number of nitrogens with one attached hydrogen (secondary N) is 1. The van der Waals surface area contributed by atoms with Crippen LogP contribution >= 0.6 is 0 Å². The van der Waals surface area contributed by atoms with Crippen molar-refractivity contribution in [1.82, 2.24) is 4.98 Å². The third-order valence-electron chi connectivity index (χ3n) is 7.41. The third-order valence-corrected chi connectivity index (χ3v) is 7.41. The number of hydrogen-bond acceptors (Lipinski definition) is 1. The second kappa shape index (κ2) is 7.34. The Hall–Kier alpha value is -4.82. The van der Waals surface area contributed by atoms with Gasteiger partial charge in [0.2, 0.25) is 0 Å². The zero-order chi connectivity index (χ0) is 23.6. The predicted molar refractivity (Wildman–Crippen MR) is 151 cm³/mol. The summed E-state index contributed by atoms with van der Waals surface area (Å²) < 4.78 is 6.23. The van der Waals surface area contributed by atoms with Gasteiger partial charge in [-0.1, -0.05) is 91.0 Å². The van der Waals surface area contributed by atoms with E-state index in [0.29, 0.717) is 0 Å². The molecular weight excluding hydrogens is 438 g/mol. The Balaban J connectivity index is 1.37. The molecule has 8 rings (SSSR count). The lowest BCUT2D eigenvalue weighted by atomic mass is 9.98. The summed E-state index contributed by atoms with van der Waals surface area (Å²) in [6, 6.07) is 43.1. The van der Waals surface area contributed by atoms with E-state index >= 15 is 0 Å². The van der Waals surface area contributed by atoms with Gasteiger partial charge in [-0.25, -0.2) is 0 Å². The molecule has 0 aliphatic carbocycles. The number of H-pyrrole nitrogens is 1. The first-order valence-electron chi connectivity index (χ1n) is 12.3. The Morgan fingerprint density at radius 1 is 0.472 bits per heavy atom. The molecule has 0 atom stereocenters. The van der Waals surface area contributed by atoms with Crippen LogP contribution in [0.25, 0.3) is 76.8 Å². The number of hydrogen-bond donors (Lipinski definition) is 1. The lowest BCUT2D eigenvalue weighted by Gasteiger charge is -2.05. The van der Waals surface area contributed by atoms with Crippen LogP contribution in [0.1, 0.15) is 0 Å². The van der Waals surface area contributed by atoms with E-state index in [-0.39, 0.29) is 0 Å². The quantitative estimate of drug-likeness (QED) is 0.274. The summed E-state index contributed by atoms with van der Waals surface area (Å²) in [5.74, 6) is 0. The SMILES string of the molecule is c1ccc(-c2ccc3[nH]c4c(-c5ccc6oc7ccc8ccccc8c7c6c5)cccc4c3c2)cc1. The Bertz CT molecular complexity index is 2090. The maximum absolute atomic E-state index is 6.23. The average molecular weight is 460 g/mol. The molecule has 2 aromatic heterocycles. The molecular formula is C34H21NO. The van der Waals surface area contributed by atoms with Crippen molar-refractivity contribution in [3.8, 4) is 22.3 Å². The highest BCUT2D eigenvalue weighted by Gasteiger charge is 2.14. The van der Waals surface area contributed by atoms with Crippen molar-refractivity contribution < 1.29 is 4.42 Å². The second-order valence-corrected chi connectivity index (χ2v) is 9.45. The Labute approximate surface area is 207 Å². The van der Waals surface area contributed by atoms with E-state index in [9.17, 15) is 0 Å². The van der Waals surface area contributed by atoms with Gasteiger partial charge in [0, 0.05) is 32.6 Å². The molecule has 0 saturated carbocycles. The van der Waals surface area contributed by atoms with Crippen LogP contribution in [-0.2, 0) is 0 Å². The van der Waals surface area contributed by atoms with Crippen LogP contribution in [0.5, 0.6) is 0 Å². The summed E-state index contributed by atoms with van der Waals surface area (Å²) in [4.78, 5) is 3.71. The van der Waals surface area contributed by atoms with Gasteiger partial charge in [-0.15, -0.1) is 0 Å². The van der Waals surface area contributed by atoms with Crippen LogP contribution in [0.3, 0.4) is 0 Å². The number of benzene rings is 6. The number of para-hydroxylation sites is 1. The van der Waals surface area contributed by atoms with Crippen LogP contribution in [0.15, 0.2) is 126 Å². The highest BCUT2D eigenvalue weighted by atomic mass is 16.3. The highest BCUT2D eigenvalue weighted by Crippen LogP contribution is 2.39. The number of fused-ring (bicyclic) bond motifs is 8. The fourth-order valence-corrected chi connectivity index (χ4v) is 5.69. The van der Waals surface area contributed by atoms with E-state index in [1.807, 2.05) is 0 Å². The van der Waals surface area contributed by atoms with Gasteiger partial charge in [0.05, 0.1) is 5.52 Å². The van der Waals surface area contributed by atoms with Gasteiger partial charge in [-0.2, -0.15) is 0 Å². The van der Waals surface area contributed by atoms with E-state index in [1.54, 1.807) is 0 Å². The molecule has 0 spiro atoms. The fraction of sp³-hybridized carbons (Fsp3) is 0. The lowest BCUT2D eigenvalue weighted by molar-refractivity contribution is 0.669. The first-order valence-corrected chi connectivity index (χ1v) is 12.3. The summed E-state index contributed by atoms with van der Waals surface area (Å²) in [5.41, 5.74) is 8.99. The lowest BCUT2D eigenvalue weighted by Crippen LogP contribution is -1.81. The fourth-order valence-electron chi connectivity index (χ4n) is 5.69. The molecule has 2 nitrogen and oxygen atoms in total. The Morgan fingerprint density at radius 2 is 1.25 bits per heavy atom. The van der Waals surface area contributed by atoms with Gasteiger partial charge in [0.25, 0.3) is 0 Å². The van der Waals surface area contributed by atoms with Crippen LogP contribution in [0, 0.1) is 0 Å². The first kappa shape index (κ1) is 19.5. The minimum atomic E-state index is 0.918. The zero-order valence-electron chi connectivity index (χ0n) is 19.5. The zero-order valence-corrected chi connectivity index (χ0v) is 19.5. The van der Waals surface area contributed by atoms with Gasteiger partial charge in [-0.05, 0) is 57.8 Å². The molecule has 0 unspecified atom stereocenters. The molecule has 0 aliphatic rings. The minimum Gasteiger partial charge on any atom is -0.456 e. The molecule has 168 valence electrons. The van der Waals surface area contributed by atoms with Gasteiger partial charge < -0.3 is 9.40 Å². The van der Waals surface area contributed by atoms with E-state index in [0.717, 1.165) is 27.6 Å². The maximum atomic E-state index is 6.23. The largest absolute Gasteiger partial charge is 0.456 e. The van der Waals surface area contributed by atoms with Gasteiger partial charge in [0.15, 0.2) is 0 Å². The average Bonchev–Trinajstić information content (AvgIpc) is 3.51. The van der Waals surface area contributed by atoms with Crippen molar-refractivity contribution in [2.45, 2.75) is 0 Å². The summed E-state index contributed by atoms with van der Waals surface area (Å²) in [6.07, 6.45) is 0. The van der Waals surface area contributed by atoms with Gasteiger partial charge in [0.1, 0.15) is 11.2 Å². The van der Waals surface area contributed by atoms with Crippen molar-refractivity contribution in [2.75, 3.05) is 0 Å². The van der Waals surface area contributed by atoms with Crippen LogP contribution in [-0.4, -0.2) is 4.98 Å². The van der Waals surface area contributed by atoms with Crippen molar-refractivity contribution in [1.29, 1.82) is 0 Å². The molecule has 8 aromatic rings. The van der Waals surface area contributed by atoms with Crippen LogP contribution in [0.4, 0.5) is 0 Å². The van der Waals surface area contributed by atoms with E-state index in [2.05, 4.69) is 126 Å². The Morgan fingerprint density at radius 3 is 2.19 bits per heavy atom. The van der Waals surface area contributed by atoms with Crippen molar-refractivity contribution in [3.05, 3.63) is 121 Å². The minimum absolute atomic E-state index is 0.918. The van der Waals surface area contributed by atoms with E-state index < -0.39 is 0 Å². The first-order chi connectivity index (χ1) is 17.8. The predicted octanol–water partition coefficient (Wildman–Crippen LogP) is 9.71. The standard InChI is InChI=1S/C34H21NO/c1-2-7-21(8-3-1)23-13-16-30-28(19-23)27-12-6-11-26(34(27)35-30)24-15-17-31-29(20-24)33-25-10-5-4-9-22(25)14-18-32(33)36-31/h1-20,35H. The summed E-state index contributed by atoms with van der Waals surface area (Å²) in [5, 5.41) is 7.27. The highest BCUT2D eigenvalue weighted by molar-refractivity contribution is 6.20. The van der Waals surface area contributed by atoms with Crippen LogP contribution < -0.4 is 0 Å². The normalized spacial score (nSPS) is 11.9. The molecule has 0 aliphatic heterocycles. The number of furan rings is 1. The van der Waals surface area contributed by atoms with Gasteiger partial charge >= 0.3 is 0 Å². The molecule has 2 heteroatoms. The number of rotatable bonds is 2. The third kappa shape index (κ3) is 2.79. The monoisotopic (exact) mass is 459 g/mol. The molecule has 2 heterocycles. The van der Waals surface area contributed by atoms with Crippen molar-refractivity contribution in [3.63, 3.8) is 0 Å². The molecule has 0 amide bonds. The molecule has 0 bridgehead atoms. The summed E-state index contributed by atoms with van der Waals surface area (Å²) >= 11 is 0. The Kier molecular flexibility index (Phi) is 3.97. The molecule has 1 N–H and O–H groups in total. The number of aromatic amines is 1. The molecule has 6 aromatic carbocycles. The maximum Gasteiger partial charge on any atom is 0.136 e. The topological polar surface area (TPSA) is 28.9 Å². The molecule has 0 saturated heterocycles. The summed E-state index contributed by atoms with van der Waals surface area (Å²) in [7, 11) is 0. The van der Waals surface area contributed by atoms with E-state index in [4.69, 9.17) is 4.42 Å². The van der Waals surface area contributed by atoms with E-state index in [1.165, 1.54) is 49.2 Å². The molecule has 0 radical (unpaired) electrons. The van der Waals surface area contributed by atoms with Crippen molar-refractivity contribution >= 4 is 54.5 Å². The second-order valence-electron chi connectivity index (χ2n) is 9.45. The van der Waals surface area contributed by atoms with Crippen LogP contribution in [0.2, 0.25) is 0 Å². The number of aromatic nitrogens is 1.